The van der Waals surface area contributed by atoms with E-state index in [0.29, 0.717) is 11.3 Å². The molecular formula is C18H19N5O4. The number of aromatic nitrogens is 4. The fourth-order valence-electron chi connectivity index (χ4n) is 2.85. The summed E-state index contributed by atoms with van der Waals surface area (Å²) in [4.78, 5) is 52.8. The molecular weight excluding hydrogens is 350 g/mol. The van der Waals surface area contributed by atoms with Crippen LogP contribution in [-0.4, -0.2) is 30.4 Å². The highest BCUT2D eigenvalue weighted by Crippen LogP contribution is 2.17. The van der Waals surface area contributed by atoms with Crippen molar-refractivity contribution in [1.29, 1.82) is 0 Å². The SMILES string of the molecule is CC(=O)c1cccc(NC(=O)C(C)n2cnc3c2c(=O)n(C)c(=O)n3C)c1. The topological polar surface area (TPSA) is 108 Å². The minimum Gasteiger partial charge on any atom is -0.324 e. The van der Waals surface area contributed by atoms with Crippen molar-refractivity contribution in [1.82, 2.24) is 18.7 Å². The maximum atomic E-state index is 12.7. The molecule has 27 heavy (non-hydrogen) atoms. The number of amides is 1. The maximum absolute atomic E-state index is 12.7. The molecule has 1 N–H and O–H groups in total. The number of aryl methyl sites for hydroxylation is 1. The van der Waals surface area contributed by atoms with Gasteiger partial charge in [0.25, 0.3) is 5.56 Å². The Labute approximate surface area is 153 Å². The lowest BCUT2D eigenvalue weighted by atomic mass is 10.1. The molecule has 9 heteroatoms. The zero-order valence-electron chi connectivity index (χ0n) is 15.4. The highest BCUT2D eigenvalue weighted by atomic mass is 16.2. The van der Waals surface area contributed by atoms with Gasteiger partial charge in [0.2, 0.25) is 5.91 Å². The Morgan fingerprint density at radius 1 is 1.15 bits per heavy atom. The Morgan fingerprint density at radius 2 is 1.85 bits per heavy atom. The van der Waals surface area contributed by atoms with E-state index in [-0.39, 0.29) is 22.9 Å². The van der Waals surface area contributed by atoms with Crippen LogP contribution < -0.4 is 16.6 Å². The zero-order valence-corrected chi connectivity index (χ0v) is 15.4. The van der Waals surface area contributed by atoms with E-state index in [1.165, 1.54) is 36.5 Å². The van der Waals surface area contributed by atoms with E-state index in [4.69, 9.17) is 0 Å². The lowest BCUT2D eigenvalue weighted by Crippen LogP contribution is -2.38. The van der Waals surface area contributed by atoms with Crippen molar-refractivity contribution in [3.05, 3.63) is 57.0 Å². The van der Waals surface area contributed by atoms with E-state index in [0.717, 1.165) is 4.57 Å². The predicted octanol–water partition coefficient (Wildman–Crippen LogP) is 0.836. The summed E-state index contributed by atoms with van der Waals surface area (Å²) in [7, 11) is 2.89. The van der Waals surface area contributed by atoms with Crippen LogP contribution in [0.4, 0.5) is 5.69 Å². The predicted molar refractivity (Wildman–Crippen MR) is 100 cm³/mol. The van der Waals surface area contributed by atoms with Crippen LogP contribution in [0.5, 0.6) is 0 Å². The van der Waals surface area contributed by atoms with Crippen LogP contribution in [0, 0.1) is 0 Å². The largest absolute Gasteiger partial charge is 0.332 e. The molecule has 140 valence electrons. The number of hydrogen-bond acceptors (Lipinski definition) is 5. The van der Waals surface area contributed by atoms with Crippen molar-refractivity contribution in [2.24, 2.45) is 14.1 Å². The first-order valence-corrected chi connectivity index (χ1v) is 8.26. The minimum absolute atomic E-state index is 0.107. The number of imidazole rings is 1. The third-order valence-corrected chi connectivity index (χ3v) is 4.51. The van der Waals surface area contributed by atoms with Crippen LogP contribution in [0.15, 0.2) is 40.2 Å². The van der Waals surface area contributed by atoms with Gasteiger partial charge in [0.1, 0.15) is 6.04 Å². The molecule has 0 radical (unpaired) electrons. The van der Waals surface area contributed by atoms with Crippen molar-refractivity contribution in [2.45, 2.75) is 19.9 Å². The molecule has 0 aliphatic carbocycles. The quantitative estimate of drug-likeness (QED) is 0.686. The fourth-order valence-corrected chi connectivity index (χ4v) is 2.85. The molecule has 0 aliphatic rings. The first-order valence-electron chi connectivity index (χ1n) is 8.26. The molecule has 0 spiro atoms. The molecule has 1 aromatic carbocycles. The smallest absolute Gasteiger partial charge is 0.324 e. The van der Waals surface area contributed by atoms with Crippen LogP contribution >= 0.6 is 0 Å². The number of hydrogen-bond donors (Lipinski definition) is 1. The van der Waals surface area contributed by atoms with Gasteiger partial charge in [-0.2, -0.15) is 0 Å². The normalized spacial score (nSPS) is 12.1. The van der Waals surface area contributed by atoms with E-state index in [9.17, 15) is 19.2 Å². The van der Waals surface area contributed by atoms with Crippen molar-refractivity contribution < 1.29 is 9.59 Å². The number of fused-ring (bicyclic) bond motifs is 1. The van der Waals surface area contributed by atoms with Gasteiger partial charge in [-0.05, 0) is 26.0 Å². The van der Waals surface area contributed by atoms with Gasteiger partial charge in [-0.15, -0.1) is 0 Å². The second-order valence-electron chi connectivity index (χ2n) is 6.33. The minimum atomic E-state index is -0.763. The van der Waals surface area contributed by atoms with Gasteiger partial charge in [0.05, 0.1) is 6.33 Å². The highest BCUT2D eigenvalue weighted by molar-refractivity contribution is 5.98. The molecule has 2 heterocycles. The van der Waals surface area contributed by atoms with E-state index in [2.05, 4.69) is 10.3 Å². The van der Waals surface area contributed by atoms with Crippen LogP contribution in [0.25, 0.3) is 11.2 Å². The van der Waals surface area contributed by atoms with Crippen molar-refractivity contribution in [3.8, 4) is 0 Å². The molecule has 0 fully saturated rings. The molecule has 0 aliphatic heterocycles. The van der Waals surface area contributed by atoms with Crippen molar-refractivity contribution >= 4 is 28.5 Å². The summed E-state index contributed by atoms with van der Waals surface area (Å²) in [6.45, 7) is 3.07. The number of nitrogens with zero attached hydrogens (tertiary/aromatic N) is 4. The average molecular weight is 369 g/mol. The number of carbonyl (C=O) groups is 2. The fraction of sp³-hybridized carbons (Fsp3) is 0.278. The van der Waals surface area contributed by atoms with E-state index in [1.54, 1.807) is 31.2 Å². The average Bonchev–Trinajstić information content (AvgIpc) is 3.09. The zero-order chi connectivity index (χ0) is 19.9. The number of anilines is 1. The highest BCUT2D eigenvalue weighted by Gasteiger charge is 2.22. The number of carbonyl (C=O) groups excluding carboxylic acids is 2. The standard InChI is InChI=1S/C18H19N5O4/c1-10(16(25)20-13-7-5-6-12(8-13)11(2)24)23-9-19-15-14(23)17(26)22(4)18(27)21(15)3/h5-10H,1-4H3,(H,20,25). The number of ketones is 1. The van der Waals surface area contributed by atoms with Crippen LogP contribution in [0.3, 0.4) is 0 Å². The Hall–Kier alpha value is -3.49. The molecule has 3 rings (SSSR count). The first kappa shape index (κ1) is 18.3. The van der Waals surface area contributed by atoms with Gasteiger partial charge in [-0.25, -0.2) is 9.78 Å². The summed E-state index contributed by atoms with van der Waals surface area (Å²) < 4.78 is 3.66. The van der Waals surface area contributed by atoms with Gasteiger partial charge in [0.15, 0.2) is 16.9 Å². The number of rotatable bonds is 4. The molecule has 1 unspecified atom stereocenters. The Kier molecular flexibility index (Phi) is 4.52. The van der Waals surface area contributed by atoms with Gasteiger partial charge in [-0.1, -0.05) is 12.1 Å². The van der Waals surface area contributed by atoms with Crippen LogP contribution in [0.2, 0.25) is 0 Å². The Morgan fingerprint density at radius 3 is 2.52 bits per heavy atom. The molecule has 3 aromatic rings. The Balaban J connectivity index is 1.99. The van der Waals surface area contributed by atoms with Gasteiger partial charge in [0, 0.05) is 25.3 Å². The summed E-state index contributed by atoms with van der Waals surface area (Å²) in [5.74, 6) is -0.491. The van der Waals surface area contributed by atoms with Gasteiger partial charge < -0.3 is 9.88 Å². The maximum Gasteiger partial charge on any atom is 0.332 e. The summed E-state index contributed by atoms with van der Waals surface area (Å²) in [6.07, 6.45) is 1.36. The van der Waals surface area contributed by atoms with Gasteiger partial charge >= 0.3 is 5.69 Å². The monoisotopic (exact) mass is 369 g/mol. The molecule has 1 atom stereocenters. The third kappa shape index (κ3) is 3.07. The van der Waals surface area contributed by atoms with E-state index < -0.39 is 17.3 Å². The summed E-state index contributed by atoms with van der Waals surface area (Å²) >= 11 is 0. The first-order chi connectivity index (χ1) is 12.7. The third-order valence-electron chi connectivity index (χ3n) is 4.51. The molecule has 2 aromatic heterocycles. The van der Waals surface area contributed by atoms with Crippen molar-refractivity contribution in [2.75, 3.05) is 5.32 Å². The Bertz CT molecular complexity index is 1180. The summed E-state index contributed by atoms with van der Waals surface area (Å²) in [5.41, 5.74) is 0.322. The molecule has 0 saturated heterocycles. The van der Waals surface area contributed by atoms with Gasteiger partial charge in [-0.3, -0.25) is 23.5 Å². The second kappa shape index (κ2) is 6.67. The number of nitrogens with one attached hydrogen (secondary N) is 1. The molecule has 1 amide bonds. The lowest BCUT2D eigenvalue weighted by Gasteiger charge is -2.15. The second-order valence-corrected chi connectivity index (χ2v) is 6.33. The molecule has 9 nitrogen and oxygen atoms in total. The number of benzene rings is 1. The summed E-state index contributed by atoms with van der Waals surface area (Å²) in [6, 6.07) is 5.83. The van der Waals surface area contributed by atoms with E-state index >= 15 is 0 Å². The number of Topliss-reactive ketones (excluding diaryl/α,β-unsaturated/α-hetero) is 1. The molecule has 0 saturated carbocycles. The summed E-state index contributed by atoms with van der Waals surface area (Å²) in [5, 5.41) is 2.73. The molecule has 0 bridgehead atoms. The van der Waals surface area contributed by atoms with Crippen molar-refractivity contribution in [3.63, 3.8) is 0 Å². The van der Waals surface area contributed by atoms with E-state index in [1.807, 2.05) is 0 Å². The van der Waals surface area contributed by atoms with Crippen LogP contribution in [-0.2, 0) is 18.9 Å². The van der Waals surface area contributed by atoms with Crippen LogP contribution in [0.1, 0.15) is 30.2 Å². The lowest BCUT2D eigenvalue weighted by molar-refractivity contribution is -0.118.